The monoisotopic (exact) mass is 293 g/mol. The molecule has 21 heavy (non-hydrogen) atoms. The van der Waals surface area contributed by atoms with E-state index in [2.05, 4.69) is 10.3 Å². The Morgan fingerprint density at radius 3 is 2.48 bits per heavy atom. The van der Waals surface area contributed by atoms with Crippen LogP contribution in [0.5, 0.6) is 0 Å². The third kappa shape index (κ3) is 5.06. The highest BCUT2D eigenvalue weighted by Crippen LogP contribution is 2.19. The Kier molecular flexibility index (Phi) is 5.69. The Hall–Kier alpha value is -2.11. The fourth-order valence-electron chi connectivity index (χ4n) is 2.11. The standard InChI is InChI=1S/C15H23N3O3/c1-5-18(6-2)14(21)12-9-11(7-8-16-12)17-15(3,4)10-13(19)20/h7-9H,5-6,10H2,1-4H3,(H,16,17)(H,19,20). The molecule has 0 aliphatic heterocycles. The second-order valence-corrected chi connectivity index (χ2v) is 5.49. The Bertz CT molecular complexity index is 511. The molecule has 116 valence electrons. The number of carboxylic acids is 1. The zero-order valence-electron chi connectivity index (χ0n) is 13.0. The predicted octanol–water partition coefficient (Wildman–Crippen LogP) is 2.23. The van der Waals surface area contributed by atoms with Gasteiger partial charge in [-0.1, -0.05) is 0 Å². The summed E-state index contributed by atoms with van der Waals surface area (Å²) in [5, 5.41) is 12.0. The van der Waals surface area contributed by atoms with Gasteiger partial charge in [0.15, 0.2) is 0 Å². The molecule has 0 saturated heterocycles. The lowest BCUT2D eigenvalue weighted by atomic mass is 10.0. The summed E-state index contributed by atoms with van der Waals surface area (Å²) < 4.78 is 0. The molecule has 0 radical (unpaired) electrons. The van der Waals surface area contributed by atoms with Crippen molar-refractivity contribution in [2.24, 2.45) is 0 Å². The average Bonchev–Trinajstić information content (AvgIpc) is 2.38. The van der Waals surface area contributed by atoms with Gasteiger partial charge in [-0.05, 0) is 39.8 Å². The van der Waals surface area contributed by atoms with Crippen LogP contribution in [0.3, 0.4) is 0 Å². The predicted molar refractivity (Wildman–Crippen MR) is 81.4 cm³/mol. The van der Waals surface area contributed by atoms with Crippen LogP contribution in [0.2, 0.25) is 0 Å². The number of pyridine rings is 1. The Morgan fingerprint density at radius 1 is 1.33 bits per heavy atom. The molecule has 0 aliphatic rings. The molecule has 1 aromatic rings. The molecular weight excluding hydrogens is 270 g/mol. The molecule has 0 saturated carbocycles. The van der Waals surface area contributed by atoms with E-state index < -0.39 is 11.5 Å². The second-order valence-electron chi connectivity index (χ2n) is 5.49. The van der Waals surface area contributed by atoms with Crippen LogP contribution in [-0.4, -0.2) is 45.5 Å². The molecule has 0 aliphatic carbocycles. The van der Waals surface area contributed by atoms with Crippen molar-refractivity contribution in [1.29, 1.82) is 0 Å². The normalized spacial score (nSPS) is 11.0. The van der Waals surface area contributed by atoms with Crippen molar-refractivity contribution in [2.75, 3.05) is 18.4 Å². The van der Waals surface area contributed by atoms with Crippen LogP contribution >= 0.6 is 0 Å². The minimum atomic E-state index is -0.874. The lowest BCUT2D eigenvalue weighted by Crippen LogP contribution is -2.34. The lowest BCUT2D eigenvalue weighted by molar-refractivity contribution is -0.137. The summed E-state index contributed by atoms with van der Waals surface area (Å²) in [6, 6.07) is 3.38. The molecule has 0 atom stereocenters. The molecule has 0 fully saturated rings. The van der Waals surface area contributed by atoms with Crippen molar-refractivity contribution in [2.45, 2.75) is 39.7 Å². The van der Waals surface area contributed by atoms with Crippen LogP contribution < -0.4 is 5.32 Å². The molecule has 1 rings (SSSR count). The molecule has 0 aromatic carbocycles. The summed E-state index contributed by atoms with van der Waals surface area (Å²) >= 11 is 0. The third-order valence-electron chi connectivity index (χ3n) is 3.11. The highest BCUT2D eigenvalue weighted by Gasteiger charge is 2.22. The number of anilines is 1. The maximum absolute atomic E-state index is 12.2. The van der Waals surface area contributed by atoms with Crippen LogP contribution in [0.15, 0.2) is 18.3 Å². The van der Waals surface area contributed by atoms with E-state index in [4.69, 9.17) is 5.11 Å². The highest BCUT2D eigenvalue weighted by atomic mass is 16.4. The maximum atomic E-state index is 12.2. The summed E-state index contributed by atoms with van der Waals surface area (Å²) in [6.45, 7) is 8.68. The fourth-order valence-corrected chi connectivity index (χ4v) is 2.11. The van der Waals surface area contributed by atoms with Crippen molar-refractivity contribution in [1.82, 2.24) is 9.88 Å². The minimum absolute atomic E-state index is 0.0192. The van der Waals surface area contributed by atoms with Crippen molar-refractivity contribution >= 4 is 17.6 Å². The number of nitrogens with one attached hydrogen (secondary N) is 1. The van der Waals surface area contributed by atoms with Crippen molar-refractivity contribution in [3.8, 4) is 0 Å². The summed E-state index contributed by atoms with van der Waals surface area (Å²) in [6.07, 6.45) is 1.53. The van der Waals surface area contributed by atoms with Crippen molar-refractivity contribution < 1.29 is 14.7 Å². The van der Waals surface area contributed by atoms with E-state index >= 15 is 0 Å². The van der Waals surface area contributed by atoms with Gasteiger partial charge in [0.25, 0.3) is 5.91 Å². The van der Waals surface area contributed by atoms with Gasteiger partial charge in [-0.15, -0.1) is 0 Å². The summed E-state index contributed by atoms with van der Waals surface area (Å²) in [7, 11) is 0. The first-order valence-corrected chi connectivity index (χ1v) is 7.04. The third-order valence-corrected chi connectivity index (χ3v) is 3.11. The van der Waals surface area contributed by atoms with Gasteiger partial charge in [0.2, 0.25) is 0 Å². The zero-order valence-corrected chi connectivity index (χ0v) is 13.0. The average molecular weight is 293 g/mol. The molecule has 2 N–H and O–H groups in total. The van der Waals surface area contributed by atoms with Gasteiger partial charge in [-0.25, -0.2) is 0 Å². The zero-order chi connectivity index (χ0) is 16.0. The van der Waals surface area contributed by atoms with Crippen LogP contribution in [0.1, 0.15) is 44.6 Å². The first kappa shape index (κ1) is 16.9. The van der Waals surface area contributed by atoms with E-state index in [9.17, 15) is 9.59 Å². The van der Waals surface area contributed by atoms with Crippen molar-refractivity contribution in [3.63, 3.8) is 0 Å². The SMILES string of the molecule is CCN(CC)C(=O)c1cc(NC(C)(C)CC(=O)O)ccn1. The van der Waals surface area contributed by atoms with Crippen LogP contribution in [-0.2, 0) is 4.79 Å². The van der Waals surface area contributed by atoms with E-state index in [-0.39, 0.29) is 12.3 Å². The van der Waals surface area contributed by atoms with Gasteiger partial charge >= 0.3 is 5.97 Å². The maximum Gasteiger partial charge on any atom is 0.305 e. The number of hydrogen-bond acceptors (Lipinski definition) is 4. The van der Waals surface area contributed by atoms with Gasteiger partial charge in [0, 0.05) is 30.5 Å². The molecule has 1 heterocycles. The van der Waals surface area contributed by atoms with Gasteiger partial charge in [-0.2, -0.15) is 0 Å². The molecule has 6 nitrogen and oxygen atoms in total. The number of aliphatic carboxylic acids is 1. The number of aromatic nitrogens is 1. The Labute approximate surface area is 125 Å². The van der Waals surface area contributed by atoms with Crippen molar-refractivity contribution in [3.05, 3.63) is 24.0 Å². The highest BCUT2D eigenvalue weighted by molar-refractivity contribution is 5.93. The summed E-state index contributed by atoms with van der Waals surface area (Å²) in [5.41, 5.74) is 0.435. The second kappa shape index (κ2) is 7.06. The number of carboxylic acid groups (broad SMARTS) is 1. The summed E-state index contributed by atoms with van der Waals surface area (Å²) in [5.74, 6) is -0.999. The van der Waals surface area contributed by atoms with Gasteiger partial charge in [-0.3, -0.25) is 14.6 Å². The Morgan fingerprint density at radius 2 is 1.95 bits per heavy atom. The van der Waals surface area contributed by atoms with Gasteiger partial charge in [0.05, 0.1) is 6.42 Å². The Balaban J connectivity index is 2.90. The van der Waals surface area contributed by atoms with Gasteiger partial charge in [0.1, 0.15) is 5.69 Å². The molecule has 1 aromatic heterocycles. The van der Waals surface area contributed by atoms with Crippen LogP contribution in [0.25, 0.3) is 0 Å². The minimum Gasteiger partial charge on any atom is -0.481 e. The quantitative estimate of drug-likeness (QED) is 0.805. The molecule has 0 bridgehead atoms. The van der Waals surface area contributed by atoms with Crippen LogP contribution in [0.4, 0.5) is 5.69 Å². The van der Waals surface area contributed by atoms with E-state index in [0.29, 0.717) is 24.5 Å². The molecule has 0 spiro atoms. The number of carbonyl (C=O) groups is 2. The number of amides is 1. The number of nitrogens with zero attached hydrogens (tertiary/aromatic N) is 2. The number of rotatable bonds is 7. The first-order valence-electron chi connectivity index (χ1n) is 7.04. The molecule has 0 unspecified atom stereocenters. The molecular formula is C15H23N3O3. The fraction of sp³-hybridized carbons (Fsp3) is 0.533. The van der Waals surface area contributed by atoms with E-state index in [1.165, 1.54) is 0 Å². The first-order chi connectivity index (χ1) is 9.79. The largest absolute Gasteiger partial charge is 0.481 e. The van der Waals surface area contributed by atoms with E-state index in [1.807, 2.05) is 13.8 Å². The lowest BCUT2D eigenvalue weighted by Gasteiger charge is -2.26. The topological polar surface area (TPSA) is 82.5 Å². The van der Waals surface area contributed by atoms with E-state index in [0.717, 1.165) is 0 Å². The summed E-state index contributed by atoms with van der Waals surface area (Å²) in [4.78, 5) is 28.9. The number of hydrogen-bond donors (Lipinski definition) is 2. The van der Waals surface area contributed by atoms with E-state index in [1.54, 1.807) is 37.1 Å². The molecule has 6 heteroatoms. The van der Waals surface area contributed by atoms with Crippen LogP contribution in [0, 0.1) is 0 Å². The molecule has 1 amide bonds. The number of carbonyl (C=O) groups excluding carboxylic acids is 1. The van der Waals surface area contributed by atoms with Gasteiger partial charge < -0.3 is 15.3 Å². The smallest absolute Gasteiger partial charge is 0.305 e.